The maximum absolute atomic E-state index is 12.3. The van der Waals surface area contributed by atoms with Crippen molar-refractivity contribution in [3.05, 3.63) is 77.7 Å². The van der Waals surface area contributed by atoms with Crippen molar-refractivity contribution in [1.29, 1.82) is 0 Å². The second kappa shape index (κ2) is 9.52. The van der Waals surface area contributed by atoms with E-state index in [1.165, 1.54) is 0 Å². The third-order valence-corrected chi connectivity index (χ3v) is 8.23. The summed E-state index contributed by atoms with van der Waals surface area (Å²) in [6.45, 7) is 5.54. The van der Waals surface area contributed by atoms with Crippen molar-refractivity contribution in [1.82, 2.24) is 19.7 Å². The minimum Gasteiger partial charge on any atom is -0.391 e. The van der Waals surface area contributed by atoms with Gasteiger partial charge in [0, 0.05) is 37.0 Å². The number of β-amino-alcohol motifs (C(OH)–C–C–N with tert-alkyl or cyclic N) is 1. The van der Waals surface area contributed by atoms with Gasteiger partial charge in [0.1, 0.15) is 0 Å². The first-order valence-corrected chi connectivity index (χ1v) is 12.7. The Hall–Kier alpha value is -2.55. The predicted octanol–water partition coefficient (Wildman–Crippen LogP) is 2.94. The van der Waals surface area contributed by atoms with Gasteiger partial charge in [-0.2, -0.15) is 5.10 Å². The SMILES string of the molecule is CC(C)S(=O)(=O)Cc1cccc([C@@H]2CCN(Cc3cnn(-c4ccccn4)c3)C[C@@H]2O)c1. The molecule has 3 heterocycles. The molecule has 1 fully saturated rings. The highest BCUT2D eigenvalue weighted by Crippen LogP contribution is 2.30. The lowest BCUT2D eigenvalue weighted by Gasteiger charge is -2.36. The van der Waals surface area contributed by atoms with Gasteiger partial charge in [-0.05, 0) is 50.1 Å². The van der Waals surface area contributed by atoms with Crippen LogP contribution in [0.25, 0.3) is 5.82 Å². The van der Waals surface area contributed by atoms with E-state index in [4.69, 9.17) is 0 Å². The third-order valence-electron chi connectivity index (χ3n) is 6.06. The minimum absolute atomic E-state index is 0.00389. The number of rotatable bonds is 7. The quantitative estimate of drug-likeness (QED) is 0.591. The van der Waals surface area contributed by atoms with Crippen molar-refractivity contribution in [2.24, 2.45) is 0 Å². The van der Waals surface area contributed by atoms with Crippen LogP contribution < -0.4 is 0 Å². The number of aliphatic hydroxyl groups excluding tert-OH is 1. The van der Waals surface area contributed by atoms with Crippen LogP contribution in [0.1, 0.15) is 42.9 Å². The molecule has 8 heteroatoms. The predicted molar refractivity (Wildman–Crippen MR) is 124 cm³/mol. The van der Waals surface area contributed by atoms with Gasteiger partial charge in [-0.25, -0.2) is 18.1 Å². The van der Waals surface area contributed by atoms with E-state index in [1.807, 2.05) is 54.9 Å². The number of hydrogen-bond acceptors (Lipinski definition) is 6. The standard InChI is InChI=1S/C24H30N4O3S/c1-18(2)32(30,31)17-19-6-5-7-21(12-19)22-9-11-27(16-23(22)29)14-20-13-26-28(15-20)24-8-3-4-10-25-24/h3-8,10,12-13,15,18,22-23,29H,9,11,14,16-17H2,1-2H3/t22-,23-/m0/s1. The zero-order valence-electron chi connectivity index (χ0n) is 18.5. The monoisotopic (exact) mass is 454 g/mol. The lowest BCUT2D eigenvalue weighted by molar-refractivity contribution is 0.0476. The fourth-order valence-electron chi connectivity index (χ4n) is 4.16. The number of likely N-dealkylation sites (tertiary alicyclic amines) is 1. The van der Waals surface area contributed by atoms with E-state index in [0.29, 0.717) is 13.1 Å². The second-order valence-electron chi connectivity index (χ2n) is 8.78. The molecule has 32 heavy (non-hydrogen) atoms. The number of aliphatic hydroxyl groups is 1. The van der Waals surface area contributed by atoms with Gasteiger partial charge in [0.15, 0.2) is 15.7 Å². The highest BCUT2D eigenvalue weighted by molar-refractivity contribution is 7.91. The highest BCUT2D eigenvalue weighted by atomic mass is 32.2. The van der Waals surface area contributed by atoms with E-state index in [2.05, 4.69) is 15.0 Å². The molecule has 3 aromatic rings. The fraction of sp³-hybridized carbons (Fsp3) is 0.417. The molecule has 0 amide bonds. The molecule has 0 aliphatic carbocycles. The normalized spacial score (nSPS) is 20.0. The third kappa shape index (κ3) is 5.26. The van der Waals surface area contributed by atoms with Gasteiger partial charge in [0.2, 0.25) is 0 Å². The summed E-state index contributed by atoms with van der Waals surface area (Å²) in [5.74, 6) is 0.814. The van der Waals surface area contributed by atoms with Crippen LogP contribution in [0.15, 0.2) is 61.1 Å². The molecular weight excluding hydrogens is 424 g/mol. The van der Waals surface area contributed by atoms with Crippen LogP contribution in [-0.4, -0.2) is 57.6 Å². The van der Waals surface area contributed by atoms with Gasteiger partial charge in [-0.1, -0.05) is 30.3 Å². The van der Waals surface area contributed by atoms with E-state index in [-0.39, 0.29) is 11.7 Å². The van der Waals surface area contributed by atoms with Crippen LogP contribution >= 0.6 is 0 Å². The Morgan fingerprint density at radius 1 is 1.16 bits per heavy atom. The Balaban J connectivity index is 1.39. The van der Waals surface area contributed by atoms with Crippen molar-refractivity contribution in [3.8, 4) is 5.82 Å². The van der Waals surface area contributed by atoms with Crippen molar-refractivity contribution >= 4 is 9.84 Å². The Bertz CT molecular complexity index is 1140. The maximum atomic E-state index is 12.3. The maximum Gasteiger partial charge on any atom is 0.156 e. The molecule has 0 radical (unpaired) electrons. The van der Waals surface area contributed by atoms with E-state index in [0.717, 1.165) is 35.5 Å². The summed E-state index contributed by atoms with van der Waals surface area (Å²) < 4.78 is 26.3. The van der Waals surface area contributed by atoms with Crippen LogP contribution in [0, 0.1) is 0 Å². The molecule has 7 nitrogen and oxygen atoms in total. The minimum atomic E-state index is -3.16. The Labute approximate surface area is 189 Å². The van der Waals surface area contributed by atoms with E-state index in [1.54, 1.807) is 24.7 Å². The number of hydrogen-bond donors (Lipinski definition) is 1. The van der Waals surface area contributed by atoms with Crippen molar-refractivity contribution in [2.45, 2.75) is 49.8 Å². The van der Waals surface area contributed by atoms with Crippen LogP contribution in [0.5, 0.6) is 0 Å². The van der Waals surface area contributed by atoms with Crippen molar-refractivity contribution < 1.29 is 13.5 Å². The first kappa shape index (κ1) is 22.6. The summed E-state index contributed by atoms with van der Waals surface area (Å²) in [7, 11) is -3.16. The van der Waals surface area contributed by atoms with Gasteiger partial charge in [-0.3, -0.25) is 4.90 Å². The number of nitrogens with zero attached hydrogens (tertiary/aromatic N) is 4. The molecule has 170 valence electrons. The van der Waals surface area contributed by atoms with Crippen molar-refractivity contribution in [2.75, 3.05) is 13.1 Å². The molecule has 1 aromatic carbocycles. The smallest absolute Gasteiger partial charge is 0.156 e. The van der Waals surface area contributed by atoms with Gasteiger partial charge in [-0.15, -0.1) is 0 Å². The van der Waals surface area contributed by atoms with Crippen LogP contribution in [-0.2, 0) is 22.1 Å². The Kier molecular flexibility index (Phi) is 6.74. The molecule has 0 spiro atoms. The van der Waals surface area contributed by atoms with E-state index >= 15 is 0 Å². The van der Waals surface area contributed by atoms with Gasteiger partial charge in [0.25, 0.3) is 0 Å². The van der Waals surface area contributed by atoms with Crippen LogP contribution in [0.3, 0.4) is 0 Å². The summed E-state index contributed by atoms with van der Waals surface area (Å²) in [6, 6.07) is 13.4. The molecule has 1 N–H and O–H groups in total. The first-order chi connectivity index (χ1) is 15.3. The molecule has 1 saturated heterocycles. The van der Waals surface area contributed by atoms with Gasteiger partial charge < -0.3 is 5.11 Å². The molecular formula is C24H30N4O3S. The number of benzene rings is 1. The zero-order valence-corrected chi connectivity index (χ0v) is 19.3. The molecule has 2 aromatic heterocycles. The number of pyridine rings is 1. The molecule has 1 aliphatic heterocycles. The van der Waals surface area contributed by atoms with Gasteiger partial charge in [0.05, 0.1) is 23.3 Å². The summed E-state index contributed by atoms with van der Waals surface area (Å²) >= 11 is 0. The number of sulfone groups is 1. The number of piperidine rings is 1. The molecule has 4 rings (SSSR count). The summed E-state index contributed by atoms with van der Waals surface area (Å²) in [6.07, 6.45) is 5.86. The average molecular weight is 455 g/mol. The Morgan fingerprint density at radius 2 is 2.00 bits per heavy atom. The summed E-state index contributed by atoms with van der Waals surface area (Å²) in [5.41, 5.74) is 2.87. The van der Waals surface area contributed by atoms with Crippen LogP contribution in [0.4, 0.5) is 0 Å². The fourth-order valence-corrected chi connectivity index (χ4v) is 5.13. The molecule has 0 bridgehead atoms. The number of aromatic nitrogens is 3. The first-order valence-electron chi connectivity index (χ1n) is 11.0. The summed E-state index contributed by atoms with van der Waals surface area (Å²) in [4.78, 5) is 6.54. The lowest BCUT2D eigenvalue weighted by atomic mass is 9.86. The van der Waals surface area contributed by atoms with Crippen molar-refractivity contribution in [3.63, 3.8) is 0 Å². The summed E-state index contributed by atoms with van der Waals surface area (Å²) in [5, 5.41) is 14.9. The topological polar surface area (TPSA) is 88.3 Å². The molecule has 0 saturated carbocycles. The van der Waals surface area contributed by atoms with Gasteiger partial charge >= 0.3 is 0 Å². The average Bonchev–Trinajstić information content (AvgIpc) is 3.23. The highest BCUT2D eigenvalue weighted by Gasteiger charge is 2.29. The molecule has 0 unspecified atom stereocenters. The molecule has 2 atom stereocenters. The lowest BCUT2D eigenvalue weighted by Crippen LogP contribution is -2.42. The zero-order chi connectivity index (χ0) is 22.7. The molecule has 1 aliphatic rings. The largest absolute Gasteiger partial charge is 0.391 e. The second-order valence-corrected chi connectivity index (χ2v) is 11.3. The Morgan fingerprint density at radius 3 is 2.72 bits per heavy atom. The van der Waals surface area contributed by atoms with Crippen LogP contribution in [0.2, 0.25) is 0 Å². The van der Waals surface area contributed by atoms with E-state index < -0.39 is 21.2 Å². The van der Waals surface area contributed by atoms with E-state index in [9.17, 15) is 13.5 Å².